The van der Waals surface area contributed by atoms with Crippen LogP contribution in [0, 0.1) is 15.9 Å². The van der Waals surface area contributed by atoms with Crippen LogP contribution in [-0.4, -0.2) is 27.4 Å². The first-order valence-corrected chi connectivity index (χ1v) is 13.1. The van der Waals surface area contributed by atoms with Crippen LogP contribution >= 0.6 is 15.9 Å². The number of halogens is 2. The molecule has 0 N–H and O–H groups in total. The Labute approximate surface area is 232 Å². The molecule has 1 heterocycles. The van der Waals surface area contributed by atoms with Crippen LogP contribution in [0.5, 0.6) is 11.5 Å². The smallest absolute Gasteiger partial charge is 0.315 e. The van der Waals surface area contributed by atoms with Gasteiger partial charge in [0.25, 0.3) is 5.56 Å². The predicted molar refractivity (Wildman–Crippen MR) is 150 cm³/mol. The Bertz CT molecular complexity index is 1600. The summed E-state index contributed by atoms with van der Waals surface area (Å²) in [5, 5.41) is 16.8. The van der Waals surface area contributed by atoms with Gasteiger partial charge in [0.1, 0.15) is 18.2 Å². The van der Waals surface area contributed by atoms with Crippen molar-refractivity contribution in [3.63, 3.8) is 0 Å². The fraction of sp³-hybridized carbons (Fsp3) is 0.250. The number of rotatable bonds is 10. The third kappa shape index (κ3) is 6.31. The van der Waals surface area contributed by atoms with E-state index in [-0.39, 0.29) is 41.9 Å². The Hall–Kier alpha value is -4.12. The Morgan fingerprint density at radius 3 is 2.56 bits per heavy atom. The highest BCUT2D eigenvalue weighted by Gasteiger charge is 2.23. The summed E-state index contributed by atoms with van der Waals surface area (Å²) in [5.41, 5.74) is 0.829. The lowest BCUT2D eigenvalue weighted by atomic mass is 10.1. The van der Waals surface area contributed by atoms with Crippen molar-refractivity contribution in [3.05, 3.63) is 102 Å². The molecule has 0 aliphatic rings. The van der Waals surface area contributed by atoms with Gasteiger partial charge in [-0.25, -0.2) is 9.37 Å². The van der Waals surface area contributed by atoms with Crippen LogP contribution in [0.3, 0.4) is 0 Å². The molecule has 202 valence electrons. The van der Waals surface area contributed by atoms with Crippen molar-refractivity contribution >= 4 is 38.7 Å². The average molecular weight is 597 g/mol. The molecule has 0 aliphatic heterocycles. The van der Waals surface area contributed by atoms with Gasteiger partial charge in [-0.15, -0.1) is 0 Å². The number of nitrogens with zero attached hydrogens (tertiary/aromatic N) is 4. The van der Waals surface area contributed by atoms with Gasteiger partial charge < -0.3 is 9.47 Å². The van der Waals surface area contributed by atoms with Crippen LogP contribution in [0.15, 0.2) is 69.0 Å². The largest absolute Gasteiger partial charge is 0.490 e. The zero-order valence-corrected chi connectivity index (χ0v) is 23.1. The lowest BCUT2D eigenvalue weighted by molar-refractivity contribution is -0.386. The van der Waals surface area contributed by atoms with Crippen LogP contribution in [0.1, 0.15) is 50.1 Å². The molecule has 0 saturated carbocycles. The molecule has 4 rings (SSSR count). The van der Waals surface area contributed by atoms with Crippen LogP contribution in [0.2, 0.25) is 0 Å². The van der Waals surface area contributed by atoms with Gasteiger partial charge in [0.2, 0.25) is 5.75 Å². The summed E-state index contributed by atoms with van der Waals surface area (Å²) in [6.45, 7) is 5.88. The van der Waals surface area contributed by atoms with Gasteiger partial charge >= 0.3 is 5.69 Å². The predicted octanol–water partition coefficient (Wildman–Crippen LogP) is 6.58. The maximum atomic E-state index is 13.4. The molecule has 0 fully saturated rings. The first-order chi connectivity index (χ1) is 18.7. The molecule has 0 radical (unpaired) electrons. The topological polar surface area (TPSA) is 109 Å². The lowest BCUT2D eigenvalue weighted by Gasteiger charge is -2.14. The summed E-state index contributed by atoms with van der Waals surface area (Å²) < 4.78 is 26.6. The van der Waals surface area contributed by atoms with Gasteiger partial charge in [-0.3, -0.25) is 14.9 Å². The SMILES string of the molecule is CCOc1cc(C=Nn2c([C@@H](C)CC)nc3ccc(Br)cc3c2=O)cc([N+](=O)[O-])c1OCc1ccc(F)cc1. The zero-order chi connectivity index (χ0) is 28.1. The molecule has 0 aliphatic carbocycles. The quantitative estimate of drug-likeness (QED) is 0.116. The van der Waals surface area contributed by atoms with Gasteiger partial charge in [0.05, 0.1) is 28.6 Å². The fourth-order valence-electron chi connectivity index (χ4n) is 3.87. The molecular weight excluding hydrogens is 571 g/mol. The number of benzene rings is 3. The summed E-state index contributed by atoms with van der Waals surface area (Å²) in [7, 11) is 0. The molecular formula is C28H26BrFN4O5. The van der Waals surface area contributed by atoms with Gasteiger partial charge in [-0.2, -0.15) is 9.78 Å². The van der Waals surface area contributed by atoms with Crippen molar-refractivity contribution in [3.8, 4) is 11.5 Å². The summed E-state index contributed by atoms with van der Waals surface area (Å²) in [6, 6.07) is 13.8. The standard InChI is InChI=1S/C28H26BrFN4O5/c1-4-17(3)27-32-23-11-8-20(29)14-22(23)28(35)33(27)31-15-19-12-24(34(36)37)26(25(13-19)38-5-2)39-16-18-6-9-21(30)10-7-18/h6-15,17H,4-5,16H2,1-3H3/t17-/m0/s1. The lowest BCUT2D eigenvalue weighted by Crippen LogP contribution is -2.23. The monoisotopic (exact) mass is 596 g/mol. The molecule has 0 unspecified atom stereocenters. The summed E-state index contributed by atoms with van der Waals surface area (Å²) in [6.07, 6.45) is 2.09. The normalized spacial score (nSPS) is 12.1. The van der Waals surface area contributed by atoms with E-state index in [1.54, 1.807) is 25.1 Å². The molecule has 3 aromatic carbocycles. The Morgan fingerprint density at radius 2 is 1.90 bits per heavy atom. The summed E-state index contributed by atoms with van der Waals surface area (Å²) in [5.74, 6) is 0.0994. The second-order valence-corrected chi connectivity index (χ2v) is 9.69. The molecule has 0 spiro atoms. The summed E-state index contributed by atoms with van der Waals surface area (Å²) >= 11 is 3.39. The highest BCUT2D eigenvalue weighted by Crippen LogP contribution is 2.39. The van der Waals surface area contributed by atoms with E-state index >= 15 is 0 Å². The van der Waals surface area contributed by atoms with E-state index in [0.717, 1.165) is 10.9 Å². The Kier molecular flexibility index (Phi) is 8.70. The van der Waals surface area contributed by atoms with Gasteiger partial charge in [0, 0.05) is 22.0 Å². The minimum absolute atomic E-state index is 0.0272. The van der Waals surface area contributed by atoms with Crippen molar-refractivity contribution in [2.75, 3.05) is 6.61 Å². The molecule has 1 aromatic heterocycles. The molecule has 11 heteroatoms. The van der Waals surface area contributed by atoms with E-state index in [1.807, 2.05) is 19.9 Å². The number of hydrogen-bond acceptors (Lipinski definition) is 7. The molecule has 39 heavy (non-hydrogen) atoms. The molecule has 9 nitrogen and oxygen atoms in total. The zero-order valence-electron chi connectivity index (χ0n) is 21.6. The van der Waals surface area contributed by atoms with E-state index in [0.29, 0.717) is 27.9 Å². The highest BCUT2D eigenvalue weighted by molar-refractivity contribution is 9.10. The average Bonchev–Trinajstić information content (AvgIpc) is 2.92. The number of nitro benzene ring substituents is 1. The number of hydrogen-bond donors (Lipinski definition) is 0. The van der Waals surface area contributed by atoms with Crippen LogP contribution in [-0.2, 0) is 6.61 Å². The van der Waals surface area contributed by atoms with Crippen molar-refractivity contribution < 1.29 is 18.8 Å². The third-order valence-electron chi connectivity index (χ3n) is 6.06. The van der Waals surface area contributed by atoms with Crippen LogP contribution in [0.25, 0.3) is 10.9 Å². The minimum atomic E-state index is -0.578. The molecule has 0 saturated heterocycles. The molecule has 0 bridgehead atoms. The summed E-state index contributed by atoms with van der Waals surface area (Å²) in [4.78, 5) is 29.5. The number of aromatic nitrogens is 2. The number of fused-ring (bicyclic) bond motifs is 1. The second-order valence-electron chi connectivity index (χ2n) is 8.77. The van der Waals surface area contributed by atoms with E-state index in [2.05, 4.69) is 26.0 Å². The minimum Gasteiger partial charge on any atom is -0.490 e. The molecule has 0 amide bonds. The van der Waals surface area contributed by atoms with Gasteiger partial charge in [0.15, 0.2) is 5.75 Å². The number of nitro groups is 1. The molecule has 1 atom stereocenters. The van der Waals surface area contributed by atoms with Crippen LogP contribution < -0.4 is 15.0 Å². The van der Waals surface area contributed by atoms with Gasteiger partial charge in [-0.1, -0.05) is 41.9 Å². The van der Waals surface area contributed by atoms with E-state index < -0.39 is 10.7 Å². The number of ether oxygens (including phenoxy) is 2. The van der Waals surface area contributed by atoms with E-state index in [9.17, 15) is 19.3 Å². The van der Waals surface area contributed by atoms with Crippen molar-refractivity contribution in [2.24, 2.45) is 5.10 Å². The Balaban J connectivity index is 1.78. The Morgan fingerprint density at radius 1 is 1.15 bits per heavy atom. The first kappa shape index (κ1) is 27.9. The van der Waals surface area contributed by atoms with Crippen molar-refractivity contribution in [2.45, 2.75) is 39.7 Å². The second kappa shape index (κ2) is 12.2. The fourth-order valence-corrected chi connectivity index (χ4v) is 4.23. The maximum Gasteiger partial charge on any atom is 0.315 e. The first-order valence-electron chi connectivity index (χ1n) is 12.3. The van der Waals surface area contributed by atoms with Crippen molar-refractivity contribution in [1.82, 2.24) is 9.66 Å². The van der Waals surface area contributed by atoms with Gasteiger partial charge in [-0.05, 0) is 55.3 Å². The molecule has 4 aromatic rings. The maximum absolute atomic E-state index is 13.4. The van der Waals surface area contributed by atoms with Crippen LogP contribution in [0.4, 0.5) is 10.1 Å². The third-order valence-corrected chi connectivity index (χ3v) is 6.55. The van der Waals surface area contributed by atoms with Crippen molar-refractivity contribution in [1.29, 1.82) is 0 Å². The van der Waals surface area contributed by atoms with E-state index in [4.69, 9.17) is 9.47 Å². The highest BCUT2D eigenvalue weighted by atomic mass is 79.9. The van der Waals surface area contributed by atoms with E-state index in [1.165, 1.54) is 41.2 Å².